The fourth-order valence-corrected chi connectivity index (χ4v) is 3.80. The van der Waals surface area contributed by atoms with Crippen molar-refractivity contribution in [2.75, 3.05) is 13.3 Å². The first kappa shape index (κ1) is 17.6. The van der Waals surface area contributed by atoms with Gasteiger partial charge in [0.1, 0.15) is 16.6 Å². The first-order valence-corrected chi connectivity index (χ1v) is 9.34. The number of para-hydroxylation sites is 1. The van der Waals surface area contributed by atoms with Crippen molar-refractivity contribution in [3.63, 3.8) is 0 Å². The summed E-state index contributed by atoms with van der Waals surface area (Å²) in [5.74, 6) is 0.102. The molecule has 7 heteroatoms. The van der Waals surface area contributed by atoms with Crippen LogP contribution in [-0.2, 0) is 22.6 Å². The molecule has 0 radical (unpaired) electrons. The van der Waals surface area contributed by atoms with Crippen LogP contribution in [0.2, 0.25) is 0 Å². The van der Waals surface area contributed by atoms with Gasteiger partial charge in [-0.3, -0.25) is 4.79 Å². The maximum Gasteiger partial charge on any atom is 0.244 e. The summed E-state index contributed by atoms with van der Waals surface area (Å²) in [5.41, 5.74) is 2.34. The molecule has 1 N–H and O–H groups in total. The Hall–Kier alpha value is -2.77. The fourth-order valence-electron chi connectivity index (χ4n) is 2.93. The minimum Gasteiger partial charge on any atom is -0.467 e. The number of thiazole rings is 1. The maximum atomic E-state index is 13.7. The third-order valence-corrected chi connectivity index (χ3v) is 5.13. The van der Waals surface area contributed by atoms with Crippen LogP contribution in [-0.4, -0.2) is 24.2 Å². The lowest BCUT2D eigenvalue weighted by Crippen LogP contribution is -2.24. The number of nitrogens with one attached hydrogen (secondary N) is 1. The predicted molar refractivity (Wildman–Crippen MR) is 102 cm³/mol. The lowest BCUT2D eigenvalue weighted by Gasteiger charge is -2.20. The summed E-state index contributed by atoms with van der Waals surface area (Å²) in [4.78, 5) is 16.5. The number of ether oxygens (including phenoxy) is 2. The molecule has 0 unspecified atom stereocenters. The zero-order valence-electron chi connectivity index (χ0n) is 14.4. The number of carbonyl (C=O) groups is 1. The van der Waals surface area contributed by atoms with Crippen LogP contribution in [0.25, 0.3) is 16.3 Å². The van der Waals surface area contributed by atoms with E-state index in [1.165, 1.54) is 29.5 Å². The summed E-state index contributed by atoms with van der Waals surface area (Å²) in [6.07, 6.45) is 3.63. The molecule has 1 aliphatic heterocycles. The average Bonchev–Trinajstić information content (AvgIpc) is 3.09. The van der Waals surface area contributed by atoms with Gasteiger partial charge >= 0.3 is 0 Å². The Morgan fingerprint density at radius 3 is 3.11 bits per heavy atom. The van der Waals surface area contributed by atoms with Gasteiger partial charge < -0.3 is 14.8 Å². The van der Waals surface area contributed by atoms with E-state index < -0.39 is 0 Å². The molecule has 0 saturated carbocycles. The molecule has 0 bridgehead atoms. The SMILES string of the molecule is O=C(C=Cc1nc2ccccc2s1)NCCc1cc(F)cc2c1OCOC2. The molecule has 2 heterocycles. The molecule has 0 fully saturated rings. The molecule has 0 aliphatic carbocycles. The normalized spacial score (nSPS) is 13.5. The lowest BCUT2D eigenvalue weighted by atomic mass is 10.1. The summed E-state index contributed by atoms with van der Waals surface area (Å²) in [7, 11) is 0. The van der Waals surface area contributed by atoms with Crippen molar-refractivity contribution in [1.82, 2.24) is 10.3 Å². The quantitative estimate of drug-likeness (QED) is 0.682. The van der Waals surface area contributed by atoms with Gasteiger partial charge in [-0.05, 0) is 42.3 Å². The van der Waals surface area contributed by atoms with E-state index in [1.807, 2.05) is 24.3 Å². The highest BCUT2D eigenvalue weighted by molar-refractivity contribution is 7.19. The number of nitrogens with zero attached hydrogens (tertiary/aromatic N) is 1. The highest BCUT2D eigenvalue weighted by Gasteiger charge is 2.16. The molecule has 1 aliphatic rings. The summed E-state index contributed by atoms with van der Waals surface area (Å²) >= 11 is 1.53. The van der Waals surface area contributed by atoms with Crippen LogP contribution in [0.15, 0.2) is 42.5 Å². The number of hydrogen-bond donors (Lipinski definition) is 1. The van der Waals surface area contributed by atoms with Crippen LogP contribution in [0, 0.1) is 5.82 Å². The Morgan fingerprint density at radius 1 is 1.33 bits per heavy atom. The molecule has 2 aromatic carbocycles. The highest BCUT2D eigenvalue weighted by atomic mass is 32.1. The Kier molecular flexibility index (Phi) is 5.13. The van der Waals surface area contributed by atoms with Gasteiger partial charge in [0.05, 0.1) is 16.8 Å². The summed E-state index contributed by atoms with van der Waals surface area (Å²) in [6, 6.07) is 10.7. The number of aromatic nitrogens is 1. The Labute approximate surface area is 159 Å². The molecule has 1 amide bonds. The van der Waals surface area contributed by atoms with Gasteiger partial charge in [0.15, 0.2) is 6.79 Å². The van der Waals surface area contributed by atoms with Crippen LogP contribution in [0.1, 0.15) is 16.1 Å². The number of benzene rings is 2. The third kappa shape index (κ3) is 4.15. The topological polar surface area (TPSA) is 60.5 Å². The van der Waals surface area contributed by atoms with Gasteiger partial charge in [0.25, 0.3) is 0 Å². The van der Waals surface area contributed by atoms with Crippen molar-refractivity contribution in [3.8, 4) is 5.75 Å². The second kappa shape index (κ2) is 7.85. The molecule has 1 aromatic heterocycles. The second-order valence-electron chi connectivity index (χ2n) is 6.06. The maximum absolute atomic E-state index is 13.7. The molecule has 5 nitrogen and oxygen atoms in total. The van der Waals surface area contributed by atoms with E-state index in [0.29, 0.717) is 30.9 Å². The van der Waals surface area contributed by atoms with Crippen LogP contribution in [0.3, 0.4) is 0 Å². The van der Waals surface area contributed by atoms with E-state index in [0.717, 1.165) is 20.8 Å². The van der Waals surface area contributed by atoms with Gasteiger partial charge in [0, 0.05) is 18.2 Å². The van der Waals surface area contributed by atoms with Crippen molar-refractivity contribution in [2.45, 2.75) is 13.0 Å². The van der Waals surface area contributed by atoms with Crippen molar-refractivity contribution in [3.05, 3.63) is 64.4 Å². The van der Waals surface area contributed by atoms with Crippen LogP contribution in [0.4, 0.5) is 4.39 Å². The monoisotopic (exact) mass is 384 g/mol. The van der Waals surface area contributed by atoms with Gasteiger partial charge in [-0.1, -0.05) is 12.1 Å². The molecule has 27 heavy (non-hydrogen) atoms. The minimum absolute atomic E-state index is 0.156. The van der Waals surface area contributed by atoms with E-state index in [1.54, 1.807) is 6.08 Å². The molecule has 138 valence electrons. The average molecular weight is 384 g/mol. The number of hydrogen-bond acceptors (Lipinski definition) is 5. The molecule has 0 spiro atoms. The first-order chi connectivity index (χ1) is 13.2. The van der Waals surface area contributed by atoms with E-state index in [2.05, 4.69) is 10.3 Å². The largest absolute Gasteiger partial charge is 0.467 e. The van der Waals surface area contributed by atoms with Crippen LogP contribution >= 0.6 is 11.3 Å². The smallest absolute Gasteiger partial charge is 0.244 e. The molecular weight excluding hydrogens is 367 g/mol. The second-order valence-corrected chi connectivity index (χ2v) is 7.12. The Bertz CT molecular complexity index is 983. The number of rotatable bonds is 5. The van der Waals surface area contributed by atoms with E-state index >= 15 is 0 Å². The minimum atomic E-state index is -0.333. The number of amides is 1. The molecule has 0 atom stereocenters. The zero-order chi connectivity index (χ0) is 18.6. The Balaban J connectivity index is 1.35. The van der Waals surface area contributed by atoms with Crippen molar-refractivity contribution < 1.29 is 18.7 Å². The number of carbonyl (C=O) groups excluding carboxylic acids is 1. The first-order valence-electron chi connectivity index (χ1n) is 8.52. The number of halogens is 1. The van der Waals surface area contributed by atoms with Crippen LogP contribution < -0.4 is 10.1 Å². The Morgan fingerprint density at radius 2 is 2.22 bits per heavy atom. The molecule has 0 saturated heterocycles. The van der Waals surface area contributed by atoms with Gasteiger partial charge in [-0.2, -0.15) is 0 Å². The van der Waals surface area contributed by atoms with Crippen LogP contribution in [0.5, 0.6) is 5.75 Å². The summed E-state index contributed by atoms with van der Waals surface area (Å²) in [6.45, 7) is 0.864. The molecular formula is C20H17FN2O3S. The third-order valence-electron chi connectivity index (χ3n) is 4.13. The zero-order valence-corrected chi connectivity index (χ0v) is 15.2. The van der Waals surface area contributed by atoms with E-state index in [4.69, 9.17) is 9.47 Å². The molecule has 4 rings (SSSR count). The van der Waals surface area contributed by atoms with Gasteiger partial charge in [-0.15, -0.1) is 11.3 Å². The fraction of sp³-hybridized carbons (Fsp3) is 0.200. The van der Waals surface area contributed by atoms with Crippen molar-refractivity contribution in [2.24, 2.45) is 0 Å². The van der Waals surface area contributed by atoms with Gasteiger partial charge in [-0.25, -0.2) is 9.37 Å². The van der Waals surface area contributed by atoms with Crippen molar-refractivity contribution in [1.29, 1.82) is 0 Å². The van der Waals surface area contributed by atoms with Gasteiger partial charge in [0.2, 0.25) is 5.91 Å². The van der Waals surface area contributed by atoms with E-state index in [9.17, 15) is 9.18 Å². The van der Waals surface area contributed by atoms with E-state index in [-0.39, 0.29) is 18.5 Å². The lowest BCUT2D eigenvalue weighted by molar-refractivity contribution is -0.116. The summed E-state index contributed by atoms with van der Waals surface area (Å²) < 4.78 is 25.5. The summed E-state index contributed by atoms with van der Waals surface area (Å²) in [5, 5.41) is 3.58. The number of fused-ring (bicyclic) bond motifs is 2. The van der Waals surface area contributed by atoms with Crippen molar-refractivity contribution >= 4 is 33.5 Å². The highest BCUT2D eigenvalue weighted by Crippen LogP contribution is 2.29. The molecule has 3 aromatic rings. The standard InChI is InChI=1S/C20H17FN2O3S/c21-15-9-13(20-14(10-15)11-25-12-26-20)7-8-22-18(24)5-6-19-23-16-3-1-2-4-17(16)27-19/h1-6,9-10H,7-8,11-12H2,(H,22,24). The predicted octanol–water partition coefficient (Wildman–Crippen LogP) is 3.67.